The first-order valence-electron chi connectivity index (χ1n) is 20.0. The molecule has 9 rings (SSSR count). The summed E-state index contributed by atoms with van der Waals surface area (Å²) in [6.45, 7) is 4.58. The van der Waals surface area contributed by atoms with Crippen LogP contribution in [0.4, 0.5) is 0 Å². The summed E-state index contributed by atoms with van der Waals surface area (Å²) in [4.78, 5) is 41.8. The van der Waals surface area contributed by atoms with E-state index in [-0.39, 0.29) is 19.7 Å². The normalized spacial score (nSPS) is 11.8. The predicted octanol–water partition coefficient (Wildman–Crippen LogP) is 5.82. The number of aromatic amines is 2. The Balaban J connectivity index is 1.44. The lowest BCUT2D eigenvalue weighted by molar-refractivity contribution is -0.698. The molecule has 13 nitrogen and oxygen atoms in total. The molecule has 0 aromatic carbocycles. The van der Waals surface area contributed by atoms with Gasteiger partial charge in [0.1, 0.15) is 6.61 Å². The topological polar surface area (TPSA) is 168 Å². The first kappa shape index (κ1) is 39.3. The summed E-state index contributed by atoms with van der Waals surface area (Å²) in [6.07, 6.45) is 22.7. The van der Waals surface area contributed by atoms with Crippen molar-refractivity contribution in [3.05, 3.63) is 158 Å². The molecule has 0 unspecified atom stereocenters. The van der Waals surface area contributed by atoms with Crippen LogP contribution >= 0.6 is 0 Å². The number of carboxylic acid groups (broad SMARTS) is 2. The molecule has 0 saturated heterocycles. The second kappa shape index (κ2) is 16.8. The van der Waals surface area contributed by atoms with Gasteiger partial charge < -0.3 is 25.3 Å². The third-order valence-electron chi connectivity index (χ3n) is 10.7. The zero-order chi connectivity index (χ0) is 42.7. The van der Waals surface area contributed by atoms with Crippen molar-refractivity contribution in [1.29, 1.82) is 0 Å². The molecule has 5 N–H and O–H groups in total. The van der Waals surface area contributed by atoms with Gasteiger partial charge in [-0.2, -0.15) is 13.7 Å². The Morgan fingerprint density at radius 1 is 0.565 bits per heavy atom. The highest BCUT2D eigenvalue weighted by Gasteiger charge is 2.24. The minimum Gasteiger partial charge on any atom is -0.477 e. The van der Waals surface area contributed by atoms with E-state index in [4.69, 9.17) is 9.97 Å². The number of pyridine rings is 4. The van der Waals surface area contributed by atoms with Crippen LogP contribution in [0.1, 0.15) is 22.8 Å². The van der Waals surface area contributed by atoms with Crippen molar-refractivity contribution in [2.75, 3.05) is 6.61 Å². The number of aromatic nitrogens is 8. The quantitative estimate of drug-likeness (QED) is 0.0765. The van der Waals surface area contributed by atoms with E-state index >= 15 is 0 Å². The number of allylic oxidation sites excluding steroid dienone is 1. The molecule has 0 fully saturated rings. The molecule has 7 aromatic rings. The summed E-state index contributed by atoms with van der Waals surface area (Å²) in [5.74, 6) is -1.91. The number of carbonyl (C=O) groups is 2. The number of fused-ring (bicyclic) bond motifs is 8. The lowest BCUT2D eigenvalue weighted by Gasteiger charge is -2.06. The molecule has 0 radical (unpaired) electrons. The van der Waals surface area contributed by atoms with Crippen molar-refractivity contribution in [3.8, 4) is 44.6 Å². The van der Waals surface area contributed by atoms with Gasteiger partial charge in [-0.15, -0.1) is 0 Å². The van der Waals surface area contributed by atoms with Gasteiger partial charge in [0.05, 0.1) is 33.9 Å². The van der Waals surface area contributed by atoms with Crippen molar-refractivity contribution in [1.82, 2.24) is 19.9 Å². The highest BCUT2D eigenvalue weighted by molar-refractivity contribution is 5.99. The summed E-state index contributed by atoms with van der Waals surface area (Å²) in [7, 11) is 0. The third-order valence-corrected chi connectivity index (χ3v) is 10.7. The van der Waals surface area contributed by atoms with Gasteiger partial charge in [-0.1, -0.05) is 6.58 Å². The van der Waals surface area contributed by atoms with Crippen LogP contribution in [0.3, 0.4) is 0 Å². The molecule has 8 bridgehead atoms. The smallest absolute Gasteiger partial charge is 0.370 e. The van der Waals surface area contributed by atoms with E-state index in [2.05, 4.69) is 21.1 Å². The number of carboxylic acids is 2. The van der Waals surface area contributed by atoms with Crippen molar-refractivity contribution in [3.63, 3.8) is 0 Å². The van der Waals surface area contributed by atoms with E-state index < -0.39 is 11.9 Å². The molecular formula is C49H42N8O5+4. The fraction of sp³-hybridized carbons (Fsp3) is 0.102. The first-order chi connectivity index (χ1) is 30.3. The Bertz CT molecular complexity index is 3110. The fourth-order valence-electron chi connectivity index (χ4n) is 8.12. The van der Waals surface area contributed by atoms with Crippen LogP contribution in [0.25, 0.3) is 91.0 Å². The second-order valence-corrected chi connectivity index (χ2v) is 14.9. The van der Waals surface area contributed by atoms with E-state index in [1.165, 1.54) is 0 Å². The average Bonchev–Trinajstić information content (AvgIpc) is 4.10. The lowest BCUT2D eigenvalue weighted by atomic mass is 10.1. The molecule has 9 heterocycles. The van der Waals surface area contributed by atoms with Gasteiger partial charge in [-0.05, 0) is 78.4 Å². The Morgan fingerprint density at radius 2 is 1.05 bits per heavy atom. The van der Waals surface area contributed by atoms with E-state index in [1.807, 2.05) is 145 Å². The minimum absolute atomic E-state index is 0.000817. The second-order valence-electron chi connectivity index (χ2n) is 14.9. The predicted molar refractivity (Wildman–Crippen MR) is 234 cm³/mol. The third kappa shape index (κ3) is 7.83. The summed E-state index contributed by atoms with van der Waals surface area (Å²) >= 11 is 0. The first-order valence-corrected chi connectivity index (χ1v) is 20.0. The molecule has 304 valence electrons. The van der Waals surface area contributed by atoms with Gasteiger partial charge in [0.15, 0.2) is 56.5 Å². The summed E-state index contributed by atoms with van der Waals surface area (Å²) in [6, 6.07) is 25.6. The van der Waals surface area contributed by atoms with Gasteiger partial charge >= 0.3 is 11.9 Å². The van der Waals surface area contributed by atoms with E-state index in [0.29, 0.717) is 35.9 Å². The Kier molecular flexibility index (Phi) is 10.7. The highest BCUT2D eigenvalue weighted by atomic mass is 16.4. The molecule has 0 amide bonds. The van der Waals surface area contributed by atoms with Crippen LogP contribution in [0.5, 0.6) is 0 Å². The number of rotatable bonds is 12. The molecule has 2 aliphatic rings. The molecule has 13 heteroatoms. The number of aliphatic hydroxyl groups is 1. The fourth-order valence-corrected chi connectivity index (χ4v) is 8.12. The number of nitrogens with zero attached hydrogens (tertiary/aromatic N) is 6. The molecular weight excluding hydrogens is 781 g/mol. The molecule has 62 heavy (non-hydrogen) atoms. The van der Waals surface area contributed by atoms with E-state index in [0.717, 1.165) is 66.7 Å². The number of nitrogens with one attached hydrogen (secondary N) is 2. The molecule has 7 aromatic heterocycles. The maximum Gasteiger partial charge on any atom is 0.370 e. The SMILES string of the molecule is C=CC[n+]1ccccc1-c1c2nc(c(-c3ccc[n+](CC(=O)O)c3)c3ccc([nH]3)c(-c3cc[n+](CCO)cc3)c3nc(c(-c4ccc[n+](CC(=O)O)c4)c4ccc1[nH]4)C=C3)C=C2. The van der Waals surface area contributed by atoms with Crippen molar-refractivity contribution >= 4 is 58.3 Å². The van der Waals surface area contributed by atoms with Gasteiger partial charge in [0, 0.05) is 80.8 Å². The van der Waals surface area contributed by atoms with Gasteiger partial charge in [-0.25, -0.2) is 24.1 Å². The van der Waals surface area contributed by atoms with E-state index in [1.54, 1.807) is 21.5 Å². The molecule has 2 aliphatic heterocycles. The lowest BCUT2D eigenvalue weighted by Crippen LogP contribution is -2.37. The van der Waals surface area contributed by atoms with Crippen molar-refractivity contribution in [2.24, 2.45) is 0 Å². The summed E-state index contributed by atoms with van der Waals surface area (Å²) in [5.41, 5.74) is 12.3. The maximum atomic E-state index is 11.8. The number of hydrogen-bond donors (Lipinski definition) is 5. The Labute approximate surface area is 355 Å². The Morgan fingerprint density at radius 3 is 1.53 bits per heavy atom. The number of aliphatic hydroxyl groups excluding tert-OH is 1. The average molecular weight is 823 g/mol. The molecule has 0 aliphatic carbocycles. The molecule has 0 saturated carbocycles. The van der Waals surface area contributed by atoms with Crippen LogP contribution in [-0.2, 0) is 35.8 Å². The summed E-state index contributed by atoms with van der Waals surface area (Å²) in [5, 5.41) is 29.0. The van der Waals surface area contributed by atoms with Crippen LogP contribution in [0.15, 0.2) is 135 Å². The molecule has 0 atom stereocenters. The number of H-pyrrole nitrogens is 2. The van der Waals surface area contributed by atoms with Gasteiger partial charge in [0.25, 0.3) is 0 Å². The minimum atomic E-state index is -0.956. The van der Waals surface area contributed by atoms with Crippen LogP contribution in [-0.4, -0.2) is 53.8 Å². The number of aliphatic carboxylic acids is 2. The molecule has 0 spiro atoms. The Hall–Kier alpha value is -8.16. The highest BCUT2D eigenvalue weighted by Crippen LogP contribution is 2.37. The van der Waals surface area contributed by atoms with Crippen LogP contribution in [0.2, 0.25) is 0 Å². The van der Waals surface area contributed by atoms with Crippen molar-refractivity contribution in [2.45, 2.75) is 26.2 Å². The largest absolute Gasteiger partial charge is 0.477 e. The number of hydrogen-bond acceptors (Lipinski definition) is 5. The monoisotopic (exact) mass is 822 g/mol. The zero-order valence-corrected chi connectivity index (χ0v) is 33.5. The van der Waals surface area contributed by atoms with Crippen molar-refractivity contribution < 1.29 is 43.2 Å². The van der Waals surface area contributed by atoms with Crippen LogP contribution < -0.4 is 18.3 Å². The van der Waals surface area contributed by atoms with Crippen LogP contribution in [0, 0.1) is 0 Å². The zero-order valence-electron chi connectivity index (χ0n) is 33.5. The standard InChI is InChI=1S/C49H38N8O5/c1-2-20-57-23-4-3-9-43(57)49-41-16-14-39(52-41)47(33-7-5-21-55(28-33)30-44(59)60)37-12-10-35(50-37)46(32-18-24-54(25-19-32)26-27-58)36-11-13-38(51-36)48(40-15-17-42(49)53-40)34-8-6-22-56(29-34)31-45(61)62/h2-19,21-25,28-29,58H,1,20,26-27,30-31H2/p+4. The van der Waals surface area contributed by atoms with Gasteiger partial charge in [0.2, 0.25) is 18.8 Å². The maximum absolute atomic E-state index is 11.8. The van der Waals surface area contributed by atoms with E-state index in [9.17, 15) is 24.9 Å². The van der Waals surface area contributed by atoms with Gasteiger partial charge in [-0.3, -0.25) is 0 Å². The summed E-state index contributed by atoms with van der Waals surface area (Å²) < 4.78 is 7.30.